The van der Waals surface area contributed by atoms with Crippen LogP contribution in [-0.2, 0) is 6.54 Å². The first-order chi connectivity index (χ1) is 8.95. The Labute approximate surface area is 120 Å². The summed E-state index contributed by atoms with van der Waals surface area (Å²) in [5.41, 5.74) is 7.49. The zero-order valence-electron chi connectivity index (χ0n) is 11.2. The van der Waals surface area contributed by atoms with Crippen LogP contribution in [-0.4, -0.2) is 9.55 Å². The van der Waals surface area contributed by atoms with Crippen molar-refractivity contribution < 1.29 is 4.39 Å². The number of rotatable bonds is 3. The van der Waals surface area contributed by atoms with Gasteiger partial charge in [0.15, 0.2) is 0 Å². The first-order valence-electron chi connectivity index (χ1n) is 6.27. The highest BCUT2D eigenvalue weighted by Crippen LogP contribution is 2.31. The van der Waals surface area contributed by atoms with E-state index < -0.39 is 0 Å². The van der Waals surface area contributed by atoms with E-state index in [1.54, 1.807) is 6.07 Å². The lowest BCUT2D eigenvalue weighted by molar-refractivity contribution is 0.621. The summed E-state index contributed by atoms with van der Waals surface area (Å²) in [5, 5.41) is 0. The van der Waals surface area contributed by atoms with Crippen LogP contribution in [0.15, 0.2) is 22.7 Å². The van der Waals surface area contributed by atoms with E-state index in [9.17, 15) is 4.39 Å². The molecule has 0 aliphatic heterocycles. The Balaban J connectivity index is 2.59. The SMILES string of the molecule is CCn1c(C(C)C)nc(-c2ccc(Br)c(F)c2)c1N. The molecule has 5 heteroatoms. The van der Waals surface area contributed by atoms with Crippen LogP contribution in [0, 0.1) is 5.82 Å². The molecule has 0 amide bonds. The zero-order chi connectivity index (χ0) is 14.2. The lowest BCUT2D eigenvalue weighted by Gasteiger charge is -2.08. The van der Waals surface area contributed by atoms with Crippen molar-refractivity contribution in [3.63, 3.8) is 0 Å². The maximum absolute atomic E-state index is 13.6. The van der Waals surface area contributed by atoms with E-state index in [4.69, 9.17) is 5.73 Å². The molecule has 0 saturated carbocycles. The molecule has 19 heavy (non-hydrogen) atoms. The van der Waals surface area contributed by atoms with Crippen LogP contribution in [0.25, 0.3) is 11.3 Å². The lowest BCUT2D eigenvalue weighted by atomic mass is 10.1. The summed E-state index contributed by atoms with van der Waals surface area (Å²) in [4.78, 5) is 4.58. The van der Waals surface area contributed by atoms with Gasteiger partial charge in [-0.15, -0.1) is 0 Å². The summed E-state index contributed by atoms with van der Waals surface area (Å²) >= 11 is 3.15. The summed E-state index contributed by atoms with van der Waals surface area (Å²) < 4.78 is 16.0. The summed E-state index contributed by atoms with van der Waals surface area (Å²) in [6.45, 7) is 6.92. The number of aromatic nitrogens is 2. The molecule has 0 atom stereocenters. The number of benzene rings is 1. The number of imidazole rings is 1. The van der Waals surface area contributed by atoms with Crippen LogP contribution in [0.3, 0.4) is 0 Å². The second-order valence-corrected chi connectivity index (χ2v) is 5.59. The average molecular weight is 326 g/mol. The minimum Gasteiger partial charge on any atom is -0.383 e. The van der Waals surface area contributed by atoms with Crippen LogP contribution in [0.5, 0.6) is 0 Å². The standard InChI is InChI=1S/C14H17BrFN3/c1-4-19-13(17)12(18-14(19)8(2)3)9-5-6-10(15)11(16)7-9/h5-8H,4,17H2,1-3H3. The van der Waals surface area contributed by atoms with Crippen LogP contribution >= 0.6 is 15.9 Å². The van der Waals surface area contributed by atoms with Crippen molar-refractivity contribution in [1.82, 2.24) is 9.55 Å². The highest BCUT2D eigenvalue weighted by Gasteiger charge is 2.17. The monoisotopic (exact) mass is 325 g/mol. The van der Waals surface area contributed by atoms with Gasteiger partial charge >= 0.3 is 0 Å². The maximum Gasteiger partial charge on any atom is 0.138 e. The lowest BCUT2D eigenvalue weighted by Crippen LogP contribution is -2.06. The summed E-state index contributed by atoms with van der Waals surface area (Å²) in [6.07, 6.45) is 0. The van der Waals surface area contributed by atoms with Crippen LogP contribution in [0.2, 0.25) is 0 Å². The van der Waals surface area contributed by atoms with Crippen molar-refractivity contribution in [2.24, 2.45) is 0 Å². The molecule has 2 N–H and O–H groups in total. The fraction of sp³-hybridized carbons (Fsp3) is 0.357. The summed E-state index contributed by atoms with van der Waals surface area (Å²) in [5.74, 6) is 1.48. The number of halogens is 2. The summed E-state index contributed by atoms with van der Waals surface area (Å²) in [7, 11) is 0. The second kappa shape index (κ2) is 5.33. The molecular formula is C14H17BrFN3. The number of nitrogens with two attached hydrogens (primary N) is 1. The summed E-state index contributed by atoms with van der Waals surface area (Å²) in [6, 6.07) is 4.94. The van der Waals surface area contributed by atoms with Crippen molar-refractivity contribution >= 4 is 21.7 Å². The van der Waals surface area contributed by atoms with Crippen LogP contribution < -0.4 is 5.73 Å². The van der Waals surface area contributed by atoms with Crippen molar-refractivity contribution in [3.05, 3.63) is 34.3 Å². The van der Waals surface area contributed by atoms with Crippen molar-refractivity contribution in [1.29, 1.82) is 0 Å². The van der Waals surface area contributed by atoms with Crippen LogP contribution in [0.1, 0.15) is 32.5 Å². The van der Waals surface area contributed by atoms with E-state index in [-0.39, 0.29) is 11.7 Å². The van der Waals surface area contributed by atoms with Gasteiger partial charge in [-0.2, -0.15) is 0 Å². The molecule has 0 aliphatic carbocycles. The normalized spacial score (nSPS) is 11.3. The molecule has 0 spiro atoms. The van der Waals surface area contributed by atoms with Gasteiger partial charge in [0.1, 0.15) is 23.2 Å². The molecule has 2 rings (SSSR count). The fourth-order valence-electron chi connectivity index (χ4n) is 2.11. The minimum absolute atomic E-state index is 0.274. The first kappa shape index (κ1) is 14.1. The van der Waals surface area contributed by atoms with Crippen molar-refractivity contribution in [2.45, 2.75) is 33.2 Å². The smallest absolute Gasteiger partial charge is 0.138 e. The Kier molecular flexibility index (Phi) is 3.94. The topological polar surface area (TPSA) is 43.8 Å². The molecule has 2 aromatic rings. The van der Waals surface area contributed by atoms with Crippen LogP contribution in [0.4, 0.5) is 10.2 Å². The highest BCUT2D eigenvalue weighted by atomic mass is 79.9. The average Bonchev–Trinajstić information content (AvgIpc) is 2.70. The van der Waals surface area contributed by atoms with Gasteiger partial charge in [0.05, 0.1) is 4.47 Å². The third-order valence-corrected chi connectivity index (χ3v) is 3.71. The molecule has 0 fully saturated rings. The molecule has 102 valence electrons. The van der Waals surface area contributed by atoms with Gasteiger partial charge in [-0.3, -0.25) is 0 Å². The van der Waals surface area contributed by atoms with Gasteiger partial charge in [-0.05, 0) is 35.0 Å². The van der Waals surface area contributed by atoms with E-state index in [0.29, 0.717) is 21.5 Å². The number of hydrogen-bond acceptors (Lipinski definition) is 2. The number of anilines is 1. The predicted octanol–water partition coefficient (Wildman–Crippen LogP) is 4.18. The molecule has 3 nitrogen and oxygen atoms in total. The number of nitrogens with zero attached hydrogens (tertiary/aromatic N) is 2. The molecular weight excluding hydrogens is 309 g/mol. The van der Waals surface area contributed by atoms with Gasteiger partial charge in [-0.25, -0.2) is 9.37 Å². The zero-order valence-corrected chi connectivity index (χ0v) is 12.8. The third kappa shape index (κ3) is 2.52. The van der Waals surface area contributed by atoms with Gasteiger partial charge in [0.2, 0.25) is 0 Å². The number of nitrogen functional groups attached to an aromatic ring is 1. The van der Waals surface area contributed by atoms with E-state index >= 15 is 0 Å². The Hall–Kier alpha value is -1.36. The minimum atomic E-state index is -0.311. The Morgan fingerprint density at radius 1 is 1.42 bits per heavy atom. The molecule has 0 bridgehead atoms. The molecule has 1 aromatic heterocycles. The molecule has 1 aromatic carbocycles. The maximum atomic E-state index is 13.6. The molecule has 0 saturated heterocycles. The fourth-order valence-corrected chi connectivity index (χ4v) is 2.36. The predicted molar refractivity (Wildman–Crippen MR) is 79.5 cm³/mol. The Morgan fingerprint density at radius 3 is 2.58 bits per heavy atom. The van der Waals surface area contributed by atoms with Gasteiger partial charge < -0.3 is 10.3 Å². The Morgan fingerprint density at radius 2 is 2.11 bits per heavy atom. The molecule has 0 radical (unpaired) electrons. The quantitative estimate of drug-likeness (QED) is 0.920. The van der Waals surface area contributed by atoms with Crippen molar-refractivity contribution in [3.8, 4) is 11.3 Å². The third-order valence-electron chi connectivity index (χ3n) is 3.06. The molecule has 1 heterocycles. The van der Waals surface area contributed by atoms with Gasteiger partial charge in [-0.1, -0.05) is 19.9 Å². The molecule has 0 aliphatic rings. The van der Waals surface area contributed by atoms with Gasteiger partial charge in [0, 0.05) is 18.0 Å². The van der Waals surface area contributed by atoms with E-state index in [1.807, 2.05) is 17.6 Å². The van der Waals surface area contributed by atoms with E-state index in [2.05, 4.69) is 34.8 Å². The van der Waals surface area contributed by atoms with Gasteiger partial charge in [0.25, 0.3) is 0 Å². The first-order valence-corrected chi connectivity index (χ1v) is 7.06. The van der Waals surface area contributed by atoms with Crippen molar-refractivity contribution in [2.75, 3.05) is 5.73 Å². The highest BCUT2D eigenvalue weighted by molar-refractivity contribution is 9.10. The Bertz CT molecular complexity index is 605. The number of hydrogen-bond donors (Lipinski definition) is 1. The van der Waals surface area contributed by atoms with E-state index in [0.717, 1.165) is 12.4 Å². The molecule has 0 unspecified atom stereocenters. The largest absolute Gasteiger partial charge is 0.383 e. The second-order valence-electron chi connectivity index (χ2n) is 4.73. The van der Waals surface area contributed by atoms with E-state index in [1.165, 1.54) is 6.07 Å².